The maximum atomic E-state index is 12.5. The quantitative estimate of drug-likeness (QED) is 0.685. The smallest absolute Gasteiger partial charge is 0.267 e. The number of hydrogen-bond donors (Lipinski definition) is 1. The van der Waals surface area contributed by atoms with Gasteiger partial charge in [-0.3, -0.25) is 4.79 Å². The molecule has 8 heteroatoms. The number of hydrogen-bond acceptors (Lipinski definition) is 6. The lowest BCUT2D eigenvalue weighted by Gasteiger charge is -2.29. The zero-order chi connectivity index (χ0) is 20.7. The maximum Gasteiger partial charge on any atom is 0.267 e. The average molecular weight is 425 g/mol. The van der Waals surface area contributed by atoms with Crippen LogP contribution in [0, 0.1) is 13.8 Å². The Balaban J connectivity index is 1.27. The lowest BCUT2D eigenvalue weighted by molar-refractivity contribution is 0.302. The van der Waals surface area contributed by atoms with Crippen LogP contribution in [0.2, 0.25) is 0 Å². The van der Waals surface area contributed by atoms with Crippen LogP contribution in [0.15, 0.2) is 23.0 Å². The molecule has 3 aromatic heterocycles. The maximum absolute atomic E-state index is 12.5. The van der Waals surface area contributed by atoms with E-state index in [1.54, 1.807) is 16.8 Å². The highest BCUT2D eigenvalue weighted by Crippen LogP contribution is 2.33. The van der Waals surface area contributed by atoms with Crippen molar-refractivity contribution in [3.05, 3.63) is 50.5 Å². The highest BCUT2D eigenvalue weighted by Gasteiger charge is 2.25. The average Bonchev–Trinajstić information content (AvgIpc) is 3.30. The summed E-state index contributed by atoms with van der Waals surface area (Å²) < 4.78 is 3.48. The molecule has 158 valence electrons. The molecule has 0 unspecified atom stereocenters. The number of aromatic nitrogens is 5. The minimum absolute atomic E-state index is 0.0377. The van der Waals surface area contributed by atoms with Gasteiger partial charge >= 0.3 is 0 Å². The van der Waals surface area contributed by atoms with Crippen LogP contribution < -0.4 is 10.9 Å². The van der Waals surface area contributed by atoms with Crippen LogP contribution in [0.1, 0.15) is 66.5 Å². The van der Waals surface area contributed by atoms with Crippen LogP contribution in [0.3, 0.4) is 0 Å². The molecule has 1 saturated carbocycles. The van der Waals surface area contributed by atoms with Gasteiger partial charge in [0.05, 0.1) is 17.4 Å². The molecule has 1 fully saturated rings. The van der Waals surface area contributed by atoms with Gasteiger partial charge in [-0.05, 0) is 77.3 Å². The molecule has 0 aromatic carbocycles. The van der Waals surface area contributed by atoms with E-state index in [9.17, 15) is 4.79 Å². The lowest BCUT2D eigenvalue weighted by atomic mass is 9.91. The van der Waals surface area contributed by atoms with E-state index in [0.29, 0.717) is 11.9 Å². The largest absolute Gasteiger partial charge is 0.359 e. The first-order valence-corrected chi connectivity index (χ1v) is 11.8. The molecule has 2 aliphatic rings. The third kappa shape index (κ3) is 3.80. The molecule has 7 nitrogen and oxygen atoms in total. The Bertz CT molecular complexity index is 1080. The van der Waals surface area contributed by atoms with Crippen molar-refractivity contribution in [3.63, 3.8) is 0 Å². The van der Waals surface area contributed by atoms with Crippen molar-refractivity contribution >= 4 is 16.5 Å². The van der Waals surface area contributed by atoms with Gasteiger partial charge in [0.2, 0.25) is 0 Å². The van der Waals surface area contributed by atoms with Crippen molar-refractivity contribution < 1.29 is 0 Å². The van der Waals surface area contributed by atoms with Crippen molar-refractivity contribution in [2.24, 2.45) is 0 Å². The molecule has 0 radical (unpaired) electrons. The first kappa shape index (κ1) is 19.5. The zero-order valence-electron chi connectivity index (χ0n) is 17.6. The summed E-state index contributed by atoms with van der Waals surface area (Å²) in [6, 6.07) is 5.95. The van der Waals surface area contributed by atoms with Crippen LogP contribution >= 0.6 is 11.3 Å². The van der Waals surface area contributed by atoms with Crippen LogP contribution in [0.25, 0.3) is 5.82 Å². The second kappa shape index (κ2) is 7.98. The minimum Gasteiger partial charge on any atom is -0.359 e. The Morgan fingerprint density at radius 1 is 1.07 bits per heavy atom. The topological polar surface area (TPSA) is 77.6 Å². The number of anilines is 1. The normalized spacial score (nSPS) is 21.4. The SMILES string of the molecule is Cc1cc(C)n(-c2ccc(=O)n(C3CCC(Nc4nc5c(s4)CCCC5)CC3)n2)n1. The van der Waals surface area contributed by atoms with Crippen molar-refractivity contribution in [3.8, 4) is 5.82 Å². The molecule has 0 saturated heterocycles. The van der Waals surface area contributed by atoms with E-state index in [1.807, 2.05) is 35.9 Å². The van der Waals surface area contributed by atoms with Gasteiger partial charge in [-0.15, -0.1) is 16.4 Å². The summed E-state index contributed by atoms with van der Waals surface area (Å²) in [7, 11) is 0. The summed E-state index contributed by atoms with van der Waals surface area (Å²) in [5.74, 6) is 0.703. The van der Waals surface area contributed by atoms with E-state index in [2.05, 4.69) is 15.5 Å². The van der Waals surface area contributed by atoms with Crippen LogP contribution in [0.4, 0.5) is 5.13 Å². The Kier molecular flexibility index (Phi) is 5.18. The van der Waals surface area contributed by atoms with E-state index >= 15 is 0 Å². The van der Waals surface area contributed by atoms with Gasteiger partial charge < -0.3 is 5.32 Å². The first-order valence-electron chi connectivity index (χ1n) is 11.0. The summed E-state index contributed by atoms with van der Waals surface area (Å²) in [6.07, 6.45) is 8.78. The number of nitrogens with one attached hydrogen (secondary N) is 1. The van der Waals surface area contributed by atoms with E-state index in [1.165, 1.54) is 29.8 Å². The second-order valence-electron chi connectivity index (χ2n) is 8.56. The molecule has 2 aliphatic carbocycles. The standard InChI is InChI=1S/C22H28N6OS/c1-14-13-15(2)27(25-14)20-11-12-21(29)28(26-20)17-9-7-16(8-10-17)23-22-24-18-5-3-4-6-19(18)30-22/h11-13,16-17H,3-10H2,1-2H3,(H,23,24). The molecule has 30 heavy (non-hydrogen) atoms. The summed E-state index contributed by atoms with van der Waals surface area (Å²) in [4.78, 5) is 18.8. The molecule has 0 amide bonds. The fourth-order valence-electron chi connectivity index (χ4n) is 4.70. The lowest BCUT2D eigenvalue weighted by Crippen LogP contribution is -2.33. The Hall–Kier alpha value is -2.48. The van der Waals surface area contributed by atoms with Gasteiger partial charge in [0.1, 0.15) is 0 Å². The number of nitrogens with zero attached hydrogens (tertiary/aromatic N) is 5. The fourth-order valence-corrected chi connectivity index (χ4v) is 5.83. The van der Waals surface area contributed by atoms with Gasteiger partial charge in [0.15, 0.2) is 10.9 Å². The van der Waals surface area contributed by atoms with Crippen molar-refractivity contribution in [1.29, 1.82) is 0 Å². The predicted molar refractivity (Wildman–Crippen MR) is 119 cm³/mol. The summed E-state index contributed by atoms with van der Waals surface area (Å²) in [6.45, 7) is 3.97. The molecule has 0 spiro atoms. The van der Waals surface area contributed by atoms with E-state index in [4.69, 9.17) is 4.98 Å². The molecular weight excluding hydrogens is 396 g/mol. The van der Waals surface area contributed by atoms with Crippen molar-refractivity contribution in [2.45, 2.75) is 77.3 Å². The fraction of sp³-hybridized carbons (Fsp3) is 0.545. The van der Waals surface area contributed by atoms with E-state index < -0.39 is 0 Å². The van der Waals surface area contributed by atoms with Gasteiger partial charge in [0.25, 0.3) is 5.56 Å². The molecule has 0 bridgehead atoms. The monoisotopic (exact) mass is 424 g/mol. The molecular formula is C22H28N6OS. The Labute approximate surface area is 180 Å². The van der Waals surface area contributed by atoms with Gasteiger partial charge in [-0.25, -0.2) is 14.3 Å². The van der Waals surface area contributed by atoms with Crippen LogP contribution in [-0.4, -0.2) is 30.6 Å². The Morgan fingerprint density at radius 2 is 1.87 bits per heavy atom. The van der Waals surface area contributed by atoms with Gasteiger partial charge in [-0.2, -0.15) is 5.10 Å². The second-order valence-corrected chi connectivity index (χ2v) is 9.64. The summed E-state index contributed by atoms with van der Waals surface area (Å²) in [5.41, 5.74) is 3.23. The molecule has 5 rings (SSSR count). The zero-order valence-corrected chi connectivity index (χ0v) is 18.4. The van der Waals surface area contributed by atoms with Crippen LogP contribution in [0.5, 0.6) is 0 Å². The van der Waals surface area contributed by atoms with Gasteiger partial charge in [0, 0.05) is 22.7 Å². The minimum atomic E-state index is -0.0377. The number of fused-ring (bicyclic) bond motifs is 1. The van der Waals surface area contributed by atoms with Gasteiger partial charge in [-0.1, -0.05) is 0 Å². The van der Waals surface area contributed by atoms with E-state index in [0.717, 1.165) is 48.6 Å². The van der Waals surface area contributed by atoms with Crippen LogP contribution in [-0.2, 0) is 12.8 Å². The third-order valence-corrected chi connectivity index (χ3v) is 7.34. The highest BCUT2D eigenvalue weighted by atomic mass is 32.1. The van der Waals surface area contributed by atoms with Crippen molar-refractivity contribution in [2.75, 3.05) is 5.32 Å². The molecule has 0 atom stereocenters. The molecule has 3 heterocycles. The summed E-state index contributed by atoms with van der Waals surface area (Å²) >= 11 is 1.83. The first-order chi connectivity index (χ1) is 14.6. The third-order valence-electron chi connectivity index (χ3n) is 6.25. The number of aryl methyl sites for hydroxylation is 4. The highest BCUT2D eigenvalue weighted by molar-refractivity contribution is 7.15. The van der Waals surface area contributed by atoms with Crippen molar-refractivity contribution in [1.82, 2.24) is 24.5 Å². The molecule has 1 N–H and O–H groups in total. The Morgan fingerprint density at radius 3 is 2.60 bits per heavy atom. The number of rotatable bonds is 4. The summed E-state index contributed by atoms with van der Waals surface area (Å²) in [5, 5.41) is 13.9. The predicted octanol–water partition coefficient (Wildman–Crippen LogP) is 3.98. The molecule has 3 aromatic rings. The van der Waals surface area contributed by atoms with E-state index in [-0.39, 0.29) is 11.6 Å². The number of thiazole rings is 1. The molecule has 0 aliphatic heterocycles.